The Morgan fingerprint density at radius 1 is 0.737 bits per heavy atom. The number of amides is 1. The van der Waals surface area contributed by atoms with Gasteiger partial charge in [-0.15, -0.1) is 0 Å². The fourth-order valence-electron chi connectivity index (χ4n) is 12.5. The van der Waals surface area contributed by atoms with Gasteiger partial charge in [0.2, 0.25) is 0 Å². The molecule has 8 aliphatic rings. The average molecular weight is 785 g/mol. The molecular weight excluding hydrogens is 736 g/mol. The van der Waals surface area contributed by atoms with Crippen LogP contribution in [0, 0.1) is 6.92 Å². The molecule has 10 rings (SSSR count). The Kier molecular flexibility index (Phi) is 8.41. The number of piperidine rings is 2. The summed E-state index contributed by atoms with van der Waals surface area (Å²) in [6.07, 6.45) is 1.94. The topological polar surface area (TPSA) is 164 Å². The van der Waals surface area contributed by atoms with Gasteiger partial charge in [0.05, 0.1) is 29.5 Å². The number of hydrogen-bond donors (Lipinski definition) is 0. The Morgan fingerprint density at radius 2 is 1.28 bits per heavy atom. The molecule has 14 nitrogen and oxygen atoms in total. The lowest BCUT2D eigenvalue weighted by Gasteiger charge is -2.63. The number of likely N-dealkylation sites (tertiary alicyclic amines) is 2. The van der Waals surface area contributed by atoms with Gasteiger partial charge in [0.1, 0.15) is 17.0 Å². The molecule has 57 heavy (non-hydrogen) atoms. The van der Waals surface area contributed by atoms with Crippen molar-refractivity contribution in [2.24, 2.45) is 0 Å². The molecule has 1 amide bonds. The maximum Gasteiger partial charge on any atom is 0.410 e. The molecule has 4 aliphatic heterocycles. The molecule has 0 aromatic heterocycles. The Bertz CT molecular complexity index is 2170. The summed E-state index contributed by atoms with van der Waals surface area (Å²) in [7, 11) is 2.10. The smallest absolute Gasteiger partial charge is 0.410 e. The normalized spacial score (nSPS) is 34.3. The number of ketones is 2. The molecule has 8 atom stereocenters. The number of benzene rings is 2. The minimum atomic E-state index is -1.14. The average Bonchev–Trinajstić information content (AvgIpc) is 3.69. The highest BCUT2D eigenvalue weighted by Gasteiger charge is 2.77. The van der Waals surface area contributed by atoms with E-state index < -0.39 is 58.3 Å². The van der Waals surface area contributed by atoms with Gasteiger partial charge in [-0.05, 0) is 88.7 Å². The van der Waals surface area contributed by atoms with Crippen LogP contribution in [0.3, 0.4) is 0 Å². The standard InChI is InChI=1S/C23H25NO8.C20H23NO4/c1-4-29-21(28)24-10-9-22-18-14-5-6-16(30-12(2)25)19(18)31-20(22)15(27)7-8-23(22,17(24)11-14)32-13(3)26;1-11-4-5-13-10-15-20(25-12(2)22)7-6-14(23)18-19(20,8-9-21(15)3)16(13)17(11)24-18/h5-6,17,20H,4,7-11H2,1-3H3;4-5,15,18H,6-10H2,1-3H3/t17?,20-,22-,23+;15?,18-,19-,20+/m00/s1. The number of rotatable bonds is 4. The third kappa shape index (κ3) is 4.79. The molecule has 14 heteroatoms. The van der Waals surface area contributed by atoms with Crippen LogP contribution in [-0.2, 0) is 61.9 Å². The third-order valence-corrected chi connectivity index (χ3v) is 14.3. The lowest BCUT2D eigenvalue weighted by molar-refractivity contribution is -0.211. The number of esters is 3. The van der Waals surface area contributed by atoms with Gasteiger partial charge < -0.3 is 33.3 Å². The van der Waals surface area contributed by atoms with E-state index in [0.29, 0.717) is 38.0 Å². The second-order valence-corrected chi connectivity index (χ2v) is 16.9. The van der Waals surface area contributed by atoms with Crippen LogP contribution in [0.2, 0.25) is 0 Å². The summed E-state index contributed by atoms with van der Waals surface area (Å²) in [6, 6.07) is 7.33. The molecule has 2 saturated heterocycles. The molecule has 2 aromatic carbocycles. The van der Waals surface area contributed by atoms with Gasteiger partial charge in [-0.3, -0.25) is 28.9 Å². The number of carbonyl (C=O) groups is 6. The fraction of sp³-hybridized carbons (Fsp3) is 0.581. The van der Waals surface area contributed by atoms with Gasteiger partial charge in [-0.25, -0.2) is 4.79 Å². The molecule has 0 N–H and O–H groups in total. The molecule has 302 valence electrons. The Labute approximate surface area is 330 Å². The van der Waals surface area contributed by atoms with Crippen molar-refractivity contribution in [2.75, 3.05) is 26.7 Å². The highest BCUT2D eigenvalue weighted by atomic mass is 16.6. The van der Waals surface area contributed by atoms with E-state index in [-0.39, 0.29) is 48.8 Å². The molecule has 4 bridgehead atoms. The second-order valence-electron chi connectivity index (χ2n) is 16.9. The molecule has 4 heterocycles. The van der Waals surface area contributed by atoms with E-state index in [1.807, 2.05) is 13.0 Å². The van der Waals surface area contributed by atoms with E-state index in [1.165, 1.54) is 26.3 Å². The first-order chi connectivity index (χ1) is 27.2. The number of Topliss-reactive ketones (excluding diaryl/α,β-unsaturated/α-hetero) is 2. The zero-order valence-corrected chi connectivity index (χ0v) is 33.2. The molecule has 4 aliphatic carbocycles. The van der Waals surface area contributed by atoms with Crippen molar-refractivity contribution in [1.82, 2.24) is 9.80 Å². The van der Waals surface area contributed by atoms with Crippen LogP contribution in [0.4, 0.5) is 4.79 Å². The highest BCUT2D eigenvalue weighted by Crippen LogP contribution is 2.67. The predicted molar refractivity (Wildman–Crippen MR) is 199 cm³/mol. The Balaban J connectivity index is 0.000000153. The molecular formula is C43H48N2O12. The number of carbonyl (C=O) groups excluding carboxylic acids is 6. The number of nitrogens with zero attached hydrogens (tertiary/aromatic N) is 2. The number of ether oxygens (including phenoxy) is 6. The highest BCUT2D eigenvalue weighted by molar-refractivity contribution is 5.92. The molecule has 0 radical (unpaired) electrons. The zero-order valence-electron chi connectivity index (χ0n) is 33.2. The largest absolute Gasteiger partial charge is 0.481 e. The summed E-state index contributed by atoms with van der Waals surface area (Å²) in [5.41, 5.74) is 1.80. The SMILES string of the molecule is CC(=O)O[C@@]12CCC(=O)[C@@H]3Oc4c(C)ccc5c4[C@@]31CCN(C)C2C5.CCOC(=O)N1CC[C@]23c4c5ccc(OC(C)=O)c4O[C@H]2C(=O)CC[C@@]3(OC(C)=O)C1C5. The fourth-order valence-corrected chi connectivity index (χ4v) is 12.5. The van der Waals surface area contributed by atoms with Gasteiger partial charge >= 0.3 is 24.0 Å². The lowest BCUT2D eigenvalue weighted by atomic mass is 9.49. The van der Waals surface area contributed by atoms with Crippen LogP contribution in [0.5, 0.6) is 17.2 Å². The van der Waals surface area contributed by atoms with Crippen molar-refractivity contribution in [3.63, 3.8) is 0 Å². The minimum Gasteiger partial charge on any atom is -0.481 e. The van der Waals surface area contributed by atoms with Crippen molar-refractivity contribution in [3.05, 3.63) is 52.1 Å². The third-order valence-electron chi connectivity index (χ3n) is 14.3. The van der Waals surface area contributed by atoms with Crippen LogP contribution in [0.1, 0.15) is 94.0 Å². The van der Waals surface area contributed by atoms with E-state index >= 15 is 0 Å². The molecule has 4 fully saturated rings. The van der Waals surface area contributed by atoms with Crippen molar-refractivity contribution in [3.8, 4) is 17.2 Å². The first-order valence-electron chi connectivity index (χ1n) is 20.0. The predicted octanol–water partition coefficient (Wildman–Crippen LogP) is 3.98. The van der Waals surface area contributed by atoms with E-state index in [1.54, 1.807) is 17.9 Å². The molecule has 2 unspecified atom stereocenters. The lowest BCUT2D eigenvalue weighted by Crippen LogP contribution is -2.78. The van der Waals surface area contributed by atoms with Gasteiger partial charge in [-0.1, -0.05) is 18.2 Å². The van der Waals surface area contributed by atoms with Crippen LogP contribution in [-0.4, -0.2) is 108 Å². The number of aryl methyl sites for hydroxylation is 1. The second kappa shape index (κ2) is 12.8. The summed E-state index contributed by atoms with van der Waals surface area (Å²) >= 11 is 0. The van der Waals surface area contributed by atoms with Crippen LogP contribution < -0.4 is 14.2 Å². The maximum atomic E-state index is 13.1. The molecule has 2 aromatic rings. The van der Waals surface area contributed by atoms with Crippen LogP contribution in [0.15, 0.2) is 24.3 Å². The first-order valence-corrected chi connectivity index (χ1v) is 20.0. The summed E-state index contributed by atoms with van der Waals surface area (Å²) in [6.45, 7) is 9.33. The number of hydrogen-bond acceptors (Lipinski definition) is 13. The maximum absolute atomic E-state index is 13.1. The molecule has 2 saturated carbocycles. The van der Waals surface area contributed by atoms with Gasteiger partial charge in [0, 0.05) is 51.3 Å². The number of likely N-dealkylation sites (N-methyl/N-ethyl adjacent to an activating group) is 1. The quantitative estimate of drug-likeness (QED) is 0.249. The Morgan fingerprint density at radius 3 is 1.88 bits per heavy atom. The van der Waals surface area contributed by atoms with E-state index in [4.69, 9.17) is 28.4 Å². The van der Waals surface area contributed by atoms with E-state index in [9.17, 15) is 28.8 Å². The Hall–Kier alpha value is -4.98. The van der Waals surface area contributed by atoms with Crippen LogP contribution in [0.25, 0.3) is 0 Å². The van der Waals surface area contributed by atoms with Crippen LogP contribution >= 0.6 is 0 Å². The summed E-state index contributed by atoms with van der Waals surface area (Å²) in [5.74, 6) is 0.271. The van der Waals surface area contributed by atoms with Crippen molar-refractivity contribution < 1.29 is 57.2 Å². The molecule has 2 spiro atoms. The van der Waals surface area contributed by atoms with Crippen molar-refractivity contribution in [1.29, 1.82) is 0 Å². The minimum absolute atomic E-state index is 0.0884. The first kappa shape index (κ1) is 37.6. The summed E-state index contributed by atoms with van der Waals surface area (Å²) in [4.78, 5) is 78.9. The van der Waals surface area contributed by atoms with E-state index in [0.717, 1.165) is 47.4 Å². The van der Waals surface area contributed by atoms with E-state index in [2.05, 4.69) is 24.1 Å². The monoisotopic (exact) mass is 784 g/mol. The van der Waals surface area contributed by atoms with Crippen molar-refractivity contribution in [2.45, 2.75) is 132 Å². The van der Waals surface area contributed by atoms with Crippen molar-refractivity contribution >= 4 is 35.6 Å². The van der Waals surface area contributed by atoms with Gasteiger partial charge in [0.25, 0.3) is 0 Å². The summed E-state index contributed by atoms with van der Waals surface area (Å²) in [5, 5.41) is 0. The summed E-state index contributed by atoms with van der Waals surface area (Å²) < 4.78 is 35.5. The van der Waals surface area contributed by atoms with Gasteiger partial charge in [-0.2, -0.15) is 0 Å². The van der Waals surface area contributed by atoms with Gasteiger partial charge in [0.15, 0.2) is 35.3 Å². The zero-order chi connectivity index (χ0) is 40.4.